The average molecular weight is 736 g/mol. The van der Waals surface area contributed by atoms with Gasteiger partial charge in [-0.3, -0.25) is 4.57 Å². The van der Waals surface area contributed by atoms with Crippen LogP contribution in [0.15, 0.2) is 140 Å². The van der Waals surface area contributed by atoms with Gasteiger partial charge >= 0.3 is 0 Å². The van der Waals surface area contributed by atoms with Gasteiger partial charge in [-0.2, -0.15) is 0 Å². The minimum absolute atomic E-state index is 0.247. The number of benzene rings is 4. The van der Waals surface area contributed by atoms with Crippen molar-refractivity contribution in [2.45, 2.75) is 0 Å². The van der Waals surface area contributed by atoms with Crippen molar-refractivity contribution in [3.05, 3.63) is 140 Å². The van der Waals surface area contributed by atoms with Crippen LogP contribution in [0.25, 0.3) is 27.8 Å². The molecule has 262 valence electrons. The summed E-state index contributed by atoms with van der Waals surface area (Å²) in [6, 6.07) is 38.7. The first-order valence-electron chi connectivity index (χ1n) is 16.9. The second kappa shape index (κ2) is 13.5. The molecule has 2 atom stereocenters. The molecule has 0 spiro atoms. The molecule has 4 aromatic carbocycles. The Morgan fingerprint density at radius 3 is 1.42 bits per heavy atom. The number of pyridine rings is 2. The van der Waals surface area contributed by atoms with Crippen LogP contribution in [0.1, 0.15) is 0 Å². The van der Waals surface area contributed by atoms with Gasteiger partial charge in [0.1, 0.15) is 25.9 Å². The zero-order chi connectivity index (χ0) is 36.7. The number of fused-ring (bicyclic) bond motifs is 3. The topological polar surface area (TPSA) is 123 Å². The molecular formula is C40H35N9O2P2. The van der Waals surface area contributed by atoms with Crippen LogP contribution in [0.5, 0.6) is 0 Å². The van der Waals surface area contributed by atoms with E-state index < -0.39 is 14.3 Å². The van der Waals surface area contributed by atoms with Crippen LogP contribution in [0.3, 0.4) is 0 Å². The van der Waals surface area contributed by atoms with E-state index in [1.807, 2.05) is 150 Å². The summed E-state index contributed by atoms with van der Waals surface area (Å²) in [7, 11) is -2.34. The molecule has 0 aliphatic heterocycles. The van der Waals surface area contributed by atoms with Crippen LogP contribution in [0.2, 0.25) is 0 Å². The molecule has 0 radical (unpaired) electrons. The number of nitrogens with zero attached hydrogens (tertiary/aromatic N) is 9. The number of rotatable bonds is 9. The van der Waals surface area contributed by atoms with Gasteiger partial charge in [-0.15, -0.1) is 20.4 Å². The van der Waals surface area contributed by atoms with Crippen LogP contribution in [0.4, 0.5) is 23.0 Å². The molecule has 8 rings (SSSR count). The summed E-state index contributed by atoms with van der Waals surface area (Å²) in [4.78, 5) is 12.9. The van der Waals surface area contributed by atoms with Gasteiger partial charge < -0.3 is 18.9 Å². The SMILES string of the molecule is CN(c1cccc(P(C)(=O)c2ccc3c4ccc(P(C)(=O)c5cccc(N(C)c6ccccn6)c5)cc4n(-c4nncnn4)c3c2)c1)c1ccccn1. The van der Waals surface area contributed by atoms with E-state index in [0.29, 0.717) is 21.2 Å². The van der Waals surface area contributed by atoms with Gasteiger partial charge in [0.15, 0.2) is 6.33 Å². The van der Waals surface area contributed by atoms with Crippen LogP contribution in [0, 0.1) is 0 Å². The molecule has 8 aromatic rings. The maximum absolute atomic E-state index is 14.8. The largest absolute Gasteiger partial charge is 0.329 e. The van der Waals surface area contributed by atoms with Gasteiger partial charge in [-0.05, 0) is 74.0 Å². The van der Waals surface area contributed by atoms with E-state index in [1.165, 1.54) is 6.33 Å². The molecule has 13 heteroatoms. The second-order valence-corrected chi connectivity index (χ2v) is 18.7. The van der Waals surface area contributed by atoms with Gasteiger partial charge in [-0.1, -0.05) is 60.7 Å². The molecule has 0 fully saturated rings. The first kappa shape index (κ1) is 34.1. The molecule has 2 unspecified atom stereocenters. The van der Waals surface area contributed by atoms with E-state index in [0.717, 1.165) is 44.8 Å². The molecule has 4 heterocycles. The average Bonchev–Trinajstić information content (AvgIpc) is 3.54. The molecule has 0 saturated carbocycles. The molecule has 0 aliphatic carbocycles. The lowest BCUT2D eigenvalue weighted by Gasteiger charge is -2.21. The van der Waals surface area contributed by atoms with Gasteiger partial charge in [0.05, 0.1) is 11.0 Å². The highest BCUT2D eigenvalue weighted by molar-refractivity contribution is 7.78. The predicted octanol–water partition coefficient (Wildman–Crippen LogP) is 6.58. The summed E-state index contributed by atoms with van der Waals surface area (Å²) in [5.41, 5.74) is 3.22. The highest BCUT2D eigenvalue weighted by Crippen LogP contribution is 2.44. The Morgan fingerprint density at radius 1 is 0.528 bits per heavy atom. The Morgan fingerprint density at radius 2 is 0.981 bits per heavy atom. The molecule has 4 aromatic heterocycles. The third-order valence-electron chi connectivity index (χ3n) is 9.72. The van der Waals surface area contributed by atoms with Gasteiger partial charge in [0, 0.05) is 69.9 Å². The fraction of sp³-hybridized carbons (Fsp3) is 0.100. The Labute approximate surface area is 306 Å². The second-order valence-electron chi connectivity index (χ2n) is 13.0. The van der Waals surface area contributed by atoms with E-state index >= 15 is 0 Å². The lowest BCUT2D eigenvalue weighted by Crippen LogP contribution is -2.18. The Bertz CT molecular complexity index is 2540. The third-order valence-corrected chi connectivity index (χ3v) is 14.8. The number of aromatic nitrogens is 7. The summed E-state index contributed by atoms with van der Waals surface area (Å²) < 4.78 is 31.5. The third kappa shape index (κ3) is 6.18. The van der Waals surface area contributed by atoms with Crippen LogP contribution >= 0.6 is 14.3 Å². The Hall–Kier alpha value is -6.02. The van der Waals surface area contributed by atoms with E-state index in [-0.39, 0.29) is 5.95 Å². The molecular weight excluding hydrogens is 700 g/mol. The monoisotopic (exact) mass is 735 g/mol. The van der Waals surface area contributed by atoms with Crippen molar-refractivity contribution >= 4 is 80.3 Å². The first-order valence-corrected chi connectivity index (χ1v) is 21.2. The lowest BCUT2D eigenvalue weighted by molar-refractivity contribution is 0.589. The predicted molar refractivity (Wildman–Crippen MR) is 215 cm³/mol. The van der Waals surface area contributed by atoms with Gasteiger partial charge in [0.2, 0.25) is 0 Å². The van der Waals surface area contributed by atoms with Crippen molar-refractivity contribution in [2.75, 3.05) is 37.2 Å². The van der Waals surface area contributed by atoms with Gasteiger partial charge in [-0.25, -0.2) is 9.97 Å². The first-order chi connectivity index (χ1) is 25.6. The molecule has 0 bridgehead atoms. The lowest BCUT2D eigenvalue weighted by atomic mass is 10.1. The highest BCUT2D eigenvalue weighted by Gasteiger charge is 2.27. The van der Waals surface area contributed by atoms with E-state index in [1.54, 1.807) is 25.7 Å². The number of anilines is 4. The minimum atomic E-state index is -3.11. The molecule has 0 saturated heterocycles. The summed E-state index contributed by atoms with van der Waals surface area (Å²) in [6.07, 6.45) is 4.78. The molecule has 11 nitrogen and oxygen atoms in total. The normalized spacial score (nSPS) is 13.7. The molecule has 53 heavy (non-hydrogen) atoms. The molecule has 0 N–H and O–H groups in total. The quantitative estimate of drug-likeness (QED) is 0.150. The van der Waals surface area contributed by atoms with E-state index in [4.69, 9.17) is 0 Å². The standard InChI is InChI=1S/C40H35N9O2P2/c1-47(38-15-5-7-21-41-38)28-11-9-13-30(23-28)52(3,50)32-17-19-34-35-20-18-33(26-37(35)49(36(34)25-32)40-45-43-27-44-46-40)53(4,51)31-14-10-12-29(24-31)48(2)39-16-6-8-22-42-39/h5-27H,1-4H3. The maximum Gasteiger partial charge on any atom is 0.273 e. The Balaban J connectivity index is 1.23. The van der Waals surface area contributed by atoms with Crippen LogP contribution in [-0.2, 0) is 9.13 Å². The van der Waals surface area contributed by atoms with Crippen molar-refractivity contribution in [3.8, 4) is 5.95 Å². The van der Waals surface area contributed by atoms with Crippen molar-refractivity contribution < 1.29 is 9.13 Å². The zero-order valence-electron chi connectivity index (χ0n) is 29.5. The van der Waals surface area contributed by atoms with E-state index in [9.17, 15) is 9.13 Å². The Kier molecular flexibility index (Phi) is 8.69. The summed E-state index contributed by atoms with van der Waals surface area (Å²) in [6.45, 7) is 3.57. The zero-order valence-corrected chi connectivity index (χ0v) is 31.3. The van der Waals surface area contributed by atoms with Crippen molar-refractivity contribution in [1.82, 2.24) is 34.9 Å². The minimum Gasteiger partial charge on any atom is -0.329 e. The maximum atomic E-state index is 14.8. The van der Waals surface area contributed by atoms with Crippen LogP contribution < -0.4 is 31.0 Å². The van der Waals surface area contributed by atoms with Crippen LogP contribution in [-0.4, -0.2) is 62.4 Å². The number of hydrogen-bond acceptors (Lipinski definition) is 10. The highest BCUT2D eigenvalue weighted by atomic mass is 31.2. The van der Waals surface area contributed by atoms with Crippen molar-refractivity contribution in [2.24, 2.45) is 0 Å². The fourth-order valence-electron chi connectivity index (χ4n) is 6.63. The van der Waals surface area contributed by atoms with Gasteiger partial charge in [0.25, 0.3) is 5.95 Å². The molecule has 0 amide bonds. The molecule has 0 aliphatic rings. The number of hydrogen-bond donors (Lipinski definition) is 0. The summed E-state index contributed by atoms with van der Waals surface area (Å²) in [5.74, 6) is 1.82. The van der Waals surface area contributed by atoms with E-state index in [2.05, 4.69) is 30.4 Å². The summed E-state index contributed by atoms with van der Waals surface area (Å²) in [5, 5.41) is 21.2. The summed E-state index contributed by atoms with van der Waals surface area (Å²) >= 11 is 0. The smallest absolute Gasteiger partial charge is 0.273 e. The van der Waals surface area contributed by atoms with Crippen molar-refractivity contribution in [3.63, 3.8) is 0 Å². The fourth-order valence-corrected chi connectivity index (χ4v) is 10.2. The van der Waals surface area contributed by atoms with Crippen molar-refractivity contribution in [1.29, 1.82) is 0 Å².